The highest BCUT2D eigenvalue weighted by atomic mass is 16.6. The number of carbonyl (C=O) groups excluding carboxylic acids is 2. The summed E-state index contributed by atoms with van der Waals surface area (Å²) in [4.78, 5) is 34.7. The molecule has 0 aliphatic carbocycles. The molecule has 0 unspecified atom stereocenters. The van der Waals surface area contributed by atoms with E-state index < -0.39 is 28.2 Å². The van der Waals surface area contributed by atoms with Crippen molar-refractivity contribution < 1.29 is 24.4 Å². The molecule has 0 saturated carbocycles. The number of phenols is 1. The Bertz CT molecular complexity index is 558. The third-order valence-electron chi connectivity index (χ3n) is 2.75. The molecule has 0 aromatic heterocycles. The van der Waals surface area contributed by atoms with E-state index in [9.17, 15) is 24.8 Å². The molecular weight excluding hydrogens is 280 g/mol. The van der Waals surface area contributed by atoms with Crippen molar-refractivity contribution in [2.75, 3.05) is 20.2 Å². The molecule has 1 aromatic carbocycles. The van der Waals surface area contributed by atoms with Crippen LogP contribution in [0.5, 0.6) is 5.75 Å². The van der Waals surface area contributed by atoms with Crippen LogP contribution in [0.25, 0.3) is 0 Å². The molecule has 0 aliphatic rings. The Morgan fingerprint density at radius 3 is 2.57 bits per heavy atom. The van der Waals surface area contributed by atoms with Gasteiger partial charge in [0.25, 0.3) is 5.91 Å². The third-order valence-corrected chi connectivity index (χ3v) is 2.75. The summed E-state index contributed by atoms with van der Waals surface area (Å²) in [6, 6.07) is 3.30. The van der Waals surface area contributed by atoms with Gasteiger partial charge in [-0.25, -0.2) is 0 Å². The summed E-state index contributed by atoms with van der Waals surface area (Å²) < 4.78 is 4.52. The number of methoxy groups -OCH3 is 1. The van der Waals surface area contributed by atoms with Gasteiger partial charge in [-0.1, -0.05) is 6.92 Å². The average molecular weight is 296 g/mol. The number of nitro benzene ring substituents is 1. The minimum absolute atomic E-state index is 0.0652. The van der Waals surface area contributed by atoms with Crippen LogP contribution in [0.1, 0.15) is 23.7 Å². The van der Waals surface area contributed by atoms with Gasteiger partial charge in [-0.2, -0.15) is 0 Å². The van der Waals surface area contributed by atoms with Crippen LogP contribution in [0.4, 0.5) is 5.69 Å². The predicted octanol–water partition coefficient (Wildman–Crippen LogP) is 1.33. The minimum atomic E-state index is -0.748. The van der Waals surface area contributed by atoms with Crippen LogP contribution in [0.2, 0.25) is 0 Å². The Kier molecular flexibility index (Phi) is 5.65. The first kappa shape index (κ1) is 16.4. The molecular formula is C13H16N2O6. The molecule has 0 atom stereocenters. The Hall–Kier alpha value is -2.64. The zero-order valence-corrected chi connectivity index (χ0v) is 11.7. The summed E-state index contributed by atoms with van der Waals surface area (Å²) in [5.41, 5.74) is -0.419. The highest BCUT2D eigenvalue weighted by Gasteiger charge is 2.21. The molecule has 8 heteroatoms. The number of hydrogen-bond donors (Lipinski definition) is 1. The number of aromatic hydroxyl groups is 1. The van der Waals surface area contributed by atoms with Gasteiger partial charge in [0, 0.05) is 18.2 Å². The molecule has 0 bridgehead atoms. The van der Waals surface area contributed by atoms with Crippen molar-refractivity contribution in [2.24, 2.45) is 0 Å². The van der Waals surface area contributed by atoms with Crippen LogP contribution in [0.3, 0.4) is 0 Å². The maximum absolute atomic E-state index is 12.3. The van der Waals surface area contributed by atoms with E-state index >= 15 is 0 Å². The fourth-order valence-corrected chi connectivity index (χ4v) is 1.74. The lowest BCUT2D eigenvalue weighted by molar-refractivity contribution is -0.385. The monoisotopic (exact) mass is 296 g/mol. The fraction of sp³-hybridized carbons (Fsp3) is 0.385. The second-order valence-electron chi connectivity index (χ2n) is 4.26. The summed E-state index contributed by atoms with van der Waals surface area (Å²) in [7, 11) is 1.22. The lowest BCUT2D eigenvalue weighted by atomic mass is 10.1. The molecule has 0 saturated heterocycles. The summed E-state index contributed by atoms with van der Waals surface area (Å²) in [6.07, 6.45) is 0.627. The predicted molar refractivity (Wildman–Crippen MR) is 73.0 cm³/mol. The van der Waals surface area contributed by atoms with Crippen molar-refractivity contribution in [2.45, 2.75) is 13.3 Å². The molecule has 114 valence electrons. The van der Waals surface area contributed by atoms with Gasteiger partial charge >= 0.3 is 11.7 Å². The molecule has 0 heterocycles. The smallest absolute Gasteiger partial charge is 0.325 e. The van der Waals surface area contributed by atoms with Gasteiger partial charge in [0.2, 0.25) is 0 Å². The van der Waals surface area contributed by atoms with Crippen molar-refractivity contribution in [3.8, 4) is 5.75 Å². The zero-order valence-electron chi connectivity index (χ0n) is 11.7. The highest BCUT2D eigenvalue weighted by molar-refractivity contribution is 5.96. The highest BCUT2D eigenvalue weighted by Crippen LogP contribution is 2.26. The number of phenolic OH excluding ortho intramolecular Hbond substituents is 1. The van der Waals surface area contributed by atoms with E-state index in [1.807, 2.05) is 6.92 Å². The number of amides is 1. The lowest BCUT2D eigenvalue weighted by Gasteiger charge is -2.20. The van der Waals surface area contributed by atoms with Gasteiger partial charge in [0.05, 0.1) is 12.0 Å². The van der Waals surface area contributed by atoms with Crippen LogP contribution in [0, 0.1) is 10.1 Å². The van der Waals surface area contributed by atoms with E-state index in [2.05, 4.69) is 4.74 Å². The maximum Gasteiger partial charge on any atom is 0.325 e. The molecule has 1 N–H and O–H groups in total. The second-order valence-corrected chi connectivity index (χ2v) is 4.26. The van der Waals surface area contributed by atoms with E-state index in [1.54, 1.807) is 0 Å². The number of esters is 1. The molecule has 0 aliphatic heterocycles. The standard InChI is InChI=1S/C13H16N2O6/c1-3-6-14(8-12(17)21-2)13(18)9-4-5-10(15(19)20)11(16)7-9/h4-5,7,16H,3,6,8H2,1-2H3. The number of hydrogen-bond acceptors (Lipinski definition) is 6. The molecule has 1 aromatic rings. The molecule has 0 radical (unpaired) electrons. The van der Waals surface area contributed by atoms with Crippen LogP contribution >= 0.6 is 0 Å². The quantitative estimate of drug-likeness (QED) is 0.481. The number of ether oxygens (including phenoxy) is 1. The molecule has 8 nitrogen and oxygen atoms in total. The summed E-state index contributed by atoms with van der Waals surface area (Å²) in [6.45, 7) is 1.94. The topological polar surface area (TPSA) is 110 Å². The fourth-order valence-electron chi connectivity index (χ4n) is 1.74. The van der Waals surface area contributed by atoms with Crippen molar-refractivity contribution in [1.29, 1.82) is 0 Å². The van der Waals surface area contributed by atoms with Gasteiger partial charge in [0.15, 0.2) is 5.75 Å². The Labute approximate surface area is 121 Å². The van der Waals surface area contributed by atoms with Crippen LogP contribution in [-0.2, 0) is 9.53 Å². The van der Waals surface area contributed by atoms with Crippen molar-refractivity contribution >= 4 is 17.6 Å². The van der Waals surface area contributed by atoms with Crippen LogP contribution in [0.15, 0.2) is 18.2 Å². The van der Waals surface area contributed by atoms with Gasteiger partial charge < -0.3 is 14.7 Å². The molecule has 21 heavy (non-hydrogen) atoms. The first-order valence-corrected chi connectivity index (χ1v) is 6.24. The first-order valence-electron chi connectivity index (χ1n) is 6.24. The Morgan fingerprint density at radius 2 is 2.10 bits per heavy atom. The SMILES string of the molecule is CCCN(CC(=O)OC)C(=O)c1ccc([N+](=O)[O-])c(O)c1. The zero-order chi connectivity index (χ0) is 16.0. The van der Waals surface area contributed by atoms with Crippen molar-refractivity contribution in [3.05, 3.63) is 33.9 Å². The number of rotatable bonds is 6. The first-order chi connectivity index (χ1) is 9.90. The number of nitrogens with zero attached hydrogens (tertiary/aromatic N) is 2. The number of nitro groups is 1. The van der Waals surface area contributed by atoms with E-state index in [4.69, 9.17) is 0 Å². The van der Waals surface area contributed by atoms with Crippen molar-refractivity contribution in [3.63, 3.8) is 0 Å². The van der Waals surface area contributed by atoms with Crippen LogP contribution in [-0.4, -0.2) is 47.0 Å². The van der Waals surface area contributed by atoms with Crippen molar-refractivity contribution in [1.82, 2.24) is 4.90 Å². The Morgan fingerprint density at radius 1 is 1.43 bits per heavy atom. The van der Waals surface area contributed by atoms with E-state index in [0.29, 0.717) is 13.0 Å². The summed E-state index contributed by atoms with van der Waals surface area (Å²) >= 11 is 0. The third kappa shape index (κ3) is 4.16. The van der Waals surface area contributed by atoms with E-state index in [-0.39, 0.29) is 12.1 Å². The normalized spacial score (nSPS) is 10.0. The van der Waals surface area contributed by atoms with Gasteiger partial charge in [-0.3, -0.25) is 19.7 Å². The number of benzene rings is 1. The molecule has 1 rings (SSSR count). The van der Waals surface area contributed by atoms with Gasteiger partial charge in [-0.15, -0.1) is 0 Å². The maximum atomic E-state index is 12.3. The van der Waals surface area contributed by atoms with Gasteiger partial charge in [-0.05, 0) is 18.6 Å². The summed E-state index contributed by atoms with van der Waals surface area (Å²) in [5.74, 6) is -1.67. The molecule has 1 amide bonds. The van der Waals surface area contributed by atoms with Crippen LogP contribution < -0.4 is 0 Å². The average Bonchev–Trinajstić information content (AvgIpc) is 2.45. The second kappa shape index (κ2) is 7.22. The lowest BCUT2D eigenvalue weighted by Crippen LogP contribution is -2.36. The molecule has 0 spiro atoms. The number of carbonyl (C=O) groups is 2. The largest absolute Gasteiger partial charge is 0.502 e. The van der Waals surface area contributed by atoms with Gasteiger partial charge in [0.1, 0.15) is 6.54 Å². The summed E-state index contributed by atoms with van der Waals surface area (Å²) in [5, 5.41) is 20.2. The van der Waals surface area contributed by atoms with E-state index in [0.717, 1.165) is 12.1 Å². The molecule has 0 fully saturated rings. The van der Waals surface area contributed by atoms with E-state index in [1.165, 1.54) is 18.1 Å². The minimum Gasteiger partial charge on any atom is -0.502 e. The Balaban J connectivity index is 3.00.